The molecule has 0 aliphatic carbocycles. The molecular formula is C16H17Cl2F2N3O3. The monoisotopic (exact) mass is 407 g/mol. The number of hydrogen-bond acceptors (Lipinski definition) is 4. The van der Waals surface area contributed by atoms with Crippen molar-refractivity contribution >= 4 is 34.9 Å². The average molecular weight is 408 g/mol. The van der Waals surface area contributed by atoms with Crippen molar-refractivity contribution in [2.24, 2.45) is 0 Å². The van der Waals surface area contributed by atoms with E-state index in [-0.39, 0.29) is 28.1 Å². The van der Waals surface area contributed by atoms with Crippen molar-refractivity contribution in [3.63, 3.8) is 0 Å². The second-order valence-corrected chi connectivity index (χ2v) is 6.65. The molecule has 0 aromatic heterocycles. The Bertz CT molecular complexity index is 733. The minimum Gasteiger partial charge on any atom is -0.488 e. The summed E-state index contributed by atoms with van der Waals surface area (Å²) < 4.78 is 37.1. The predicted octanol–water partition coefficient (Wildman–Crippen LogP) is 4.03. The van der Waals surface area contributed by atoms with Gasteiger partial charge in [-0.3, -0.25) is 0 Å². The van der Waals surface area contributed by atoms with Crippen LogP contribution in [0.1, 0.15) is 13.3 Å². The quantitative estimate of drug-likeness (QED) is 0.591. The number of nitrogens with zero attached hydrogens (tertiary/aromatic N) is 2. The van der Waals surface area contributed by atoms with E-state index < -0.39 is 18.7 Å². The smallest absolute Gasteiger partial charge is 0.344 e. The summed E-state index contributed by atoms with van der Waals surface area (Å²) in [6.45, 7) is -0.0695. The largest absolute Gasteiger partial charge is 0.488 e. The van der Waals surface area contributed by atoms with Crippen LogP contribution >= 0.6 is 23.2 Å². The van der Waals surface area contributed by atoms with Crippen molar-refractivity contribution in [1.82, 2.24) is 10.3 Å². The number of hydrogen-bond donors (Lipinski definition) is 1. The lowest BCUT2D eigenvalue weighted by atomic mass is 10.2. The average Bonchev–Trinajstić information content (AvgIpc) is 2.89. The minimum atomic E-state index is -2.94. The van der Waals surface area contributed by atoms with Gasteiger partial charge in [0.2, 0.25) is 0 Å². The number of carbonyl (C=O) groups excluding carboxylic acids is 1. The number of benzene rings is 1. The molecule has 10 heteroatoms. The van der Waals surface area contributed by atoms with Gasteiger partial charge in [0.25, 0.3) is 0 Å². The molecule has 0 spiro atoms. The molecule has 3 rings (SSSR count). The summed E-state index contributed by atoms with van der Waals surface area (Å²) in [6, 6.07) is 1.94. The van der Waals surface area contributed by atoms with Gasteiger partial charge in [-0.1, -0.05) is 29.3 Å². The molecule has 1 aromatic carbocycles. The lowest BCUT2D eigenvalue weighted by molar-refractivity contribution is -0.00783. The van der Waals surface area contributed by atoms with Gasteiger partial charge in [0.1, 0.15) is 18.5 Å². The van der Waals surface area contributed by atoms with Gasteiger partial charge in [0.05, 0.1) is 28.9 Å². The summed E-state index contributed by atoms with van der Waals surface area (Å²) in [7, 11) is 0. The number of anilines is 1. The Hall–Kier alpha value is -1.61. The minimum absolute atomic E-state index is 0.131. The number of halogens is 4. The summed E-state index contributed by atoms with van der Waals surface area (Å²) >= 11 is 12.3. The summed E-state index contributed by atoms with van der Waals surface area (Å²) in [5.41, 5.74) is 3.81. The van der Waals surface area contributed by atoms with E-state index in [9.17, 15) is 13.6 Å². The summed E-state index contributed by atoms with van der Waals surface area (Å²) in [6.07, 6.45) is 1.96. The molecule has 2 amide bonds. The Labute approximate surface area is 159 Å². The fourth-order valence-electron chi connectivity index (χ4n) is 2.69. The first-order chi connectivity index (χ1) is 12.4. The van der Waals surface area contributed by atoms with Crippen LogP contribution in [0.5, 0.6) is 5.75 Å². The first-order valence-electron chi connectivity index (χ1n) is 7.92. The van der Waals surface area contributed by atoms with Crippen LogP contribution in [0.15, 0.2) is 23.8 Å². The fourth-order valence-corrected chi connectivity index (χ4v) is 3.21. The van der Waals surface area contributed by atoms with Gasteiger partial charge in [-0.15, -0.1) is 0 Å². The molecule has 26 heavy (non-hydrogen) atoms. The molecular weight excluding hydrogens is 391 g/mol. The Balaban J connectivity index is 1.82. The highest BCUT2D eigenvalue weighted by Gasteiger charge is 2.41. The molecule has 1 fully saturated rings. The molecule has 1 aromatic rings. The number of hydrazine groups is 1. The third-order valence-electron chi connectivity index (χ3n) is 3.99. The fraction of sp³-hybridized carbons (Fsp3) is 0.438. The van der Waals surface area contributed by atoms with Gasteiger partial charge in [0.15, 0.2) is 0 Å². The van der Waals surface area contributed by atoms with E-state index in [0.717, 1.165) is 17.0 Å². The third-order valence-corrected chi connectivity index (χ3v) is 4.59. The van der Waals surface area contributed by atoms with Crippen LogP contribution in [0.3, 0.4) is 0 Å². The standard InChI is InChI=1S/C16H17Cl2F2N3O3/c1-9-21-23(16(24)22(9)15(19)20)13-6-14(12(18)5-11(13)17)26-8-10-3-2-4-25-7-10/h3,5-6,9,15,21H,2,4,7-8H2,1H3. The first kappa shape index (κ1) is 19.2. The lowest BCUT2D eigenvalue weighted by Gasteiger charge is -2.20. The number of urea groups is 1. The zero-order valence-corrected chi connectivity index (χ0v) is 15.4. The van der Waals surface area contributed by atoms with Crippen molar-refractivity contribution in [1.29, 1.82) is 0 Å². The number of rotatable bonds is 5. The van der Waals surface area contributed by atoms with E-state index in [4.69, 9.17) is 32.7 Å². The normalized spacial score (nSPS) is 20.8. The van der Waals surface area contributed by atoms with E-state index in [0.29, 0.717) is 18.1 Å². The summed E-state index contributed by atoms with van der Waals surface area (Å²) in [5, 5.41) is 1.35. The van der Waals surface area contributed by atoms with Crippen molar-refractivity contribution in [2.45, 2.75) is 26.1 Å². The van der Waals surface area contributed by atoms with Crippen molar-refractivity contribution in [2.75, 3.05) is 24.8 Å². The molecule has 2 aliphatic rings. The zero-order valence-electron chi connectivity index (χ0n) is 13.8. The molecule has 1 saturated heterocycles. The maximum Gasteiger partial charge on any atom is 0.344 e. The van der Waals surface area contributed by atoms with E-state index >= 15 is 0 Å². The summed E-state index contributed by atoms with van der Waals surface area (Å²) in [5.74, 6) is 0.287. The number of nitrogens with one attached hydrogen (secondary N) is 1. The number of alkyl halides is 2. The second kappa shape index (κ2) is 7.96. The Morgan fingerprint density at radius 2 is 2.15 bits per heavy atom. The number of carbonyl (C=O) groups is 1. The Morgan fingerprint density at radius 3 is 2.77 bits per heavy atom. The van der Waals surface area contributed by atoms with Crippen LogP contribution in [-0.4, -0.2) is 43.5 Å². The molecule has 6 nitrogen and oxygen atoms in total. The van der Waals surface area contributed by atoms with Gasteiger partial charge >= 0.3 is 12.6 Å². The SMILES string of the molecule is CC1NN(c2cc(OCC3=CCCOC3)c(Cl)cc2Cl)C(=O)N1C(F)F. The topological polar surface area (TPSA) is 54.0 Å². The molecule has 2 heterocycles. The van der Waals surface area contributed by atoms with Crippen molar-refractivity contribution < 1.29 is 23.0 Å². The van der Waals surface area contributed by atoms with Gasteiger partial charge in [-0.05, 0) is 25.0 Å². The van der Waals surface area contributed by atoms with Crippen molar-refractivity contribution in [3.8, 4) is 5.75 Å². The lowest BCUT2D eigenvalue weighted by Crippen LogP contribution is -2.38. The first-order valence-corrected chi connectivity index (χ1v) is 8.68. The third kappa shape index (κ3) is 3.88. The van der Waals surface area contributed by atoms with Crippen LogP contribution in [0.4, 0.5) is 19.3 Å². The van der Waals surface area contributed by atoms with Crippen LogP contribution in [0.2, 0.25) is 10.0 Å². The molecule has 0 radical (unpaired) electrons. The van der Waals surface area contributed by atoms with Crippen LogP contribution in [0, 0.1) is 0 Å². The van der Waals surface area contributed by atoms with Crippen molar-refractivity contribution in [3.05, 3.63) is 33.8 Å². The van der Waals surface area contributed by atoms with Gasteiger partial charge in [0, 0.05) is 6.07 Å². The molecule has 1 atom stereocenters. The second-order valence-electron chi connectivity index (χ2n) is 5.83. The zero-order chi connectivity index (χ0) is 18.8. The summed E-state index contributed by atoms with van der Waals surface area (Å²) in [4.78, 5) is 12.7. The van der Waals surface area contributed by atoms with E-state index in [1.54, 1.807) is 0 Å². The molecule has 0 bridgehead atoms. The number of ether oxygens (including phenoxy) is 2. The van der Waals surface area contributed by atoms with E-state index in [2.05, 4.69) is 5.43 Å². The molecule has 1 N–H and O–H groups in total. The highest BCUT2D eigenvalue weighted by Crippen LogP contribution is 2.38. The molecule has 2 aliphatic heterocycles. The molecule has 1 unspecified atom stereocenters. The maximum absolute atomic E-state index is 13.0. The van der Waals surface area contributed by atoms with Gasteiger partial charge in [-0.25, -0.2) is 20.1 Å². The Kier molecular flexibility index (Phi) is 5.86. The van der Waals surface area contributed by atoms with Crippen LogP contribution in [-0.2, 0) is 4.74 Å². The van der Waals surface area contributed by atoms with Gasteiger partial charge in [-0.2, -0.15) is 8.78 Å². The highest BCUT2D eigenvalue weighted by atomic mass is 35.5. The highest BCUT2D eigenvalue weighted by molar-refractivity contribution is 6.37. The maximum atomic E-state index is 13.0. The van der Waals surface area contributed by atoms with Crippen LogP contribution < -0.4 is 15.2 Å². The van der Waals surface area contributed by atoms with Gasteiger partial charge < -0.3 is 9.47 Å². The van der Waals surface area contributed by atoms with Crippen LogP contribution in [0.25, 0.3) is 0 Å². The van der Waals surface area contributed by atoms with E-state index in [1.807, 2.05) is 6.08 Å². The Morgan fingerprint density at radius 1 is 1.38 bits per heavy atom. The number of amides is 2. The molecule has 0 saturated carbocycles. The predicted molar refractivity (Wildman–Crippen MR) is 93.8 cm³/mol. The van der Waals surface area contributed by atoms with E-state index in [1.165, 1.54) is 19.1 Å². The molecule has 142 valence electrons.